The van der Waals surface area contributed by atoms with Gasteiger partial charge in [-0.25, -0.2) is 0 Å². The molecule has 0 atom stereocenters. The number of nitrogens with zero attached hydrogens (tertiary/aromatic N) is 1. The Labute approximate surface area is 106 Å². The molecule has 1 aromatic rings. The van der Waals surface area contributed by atoms with Crippen LogP contribution in [0.4, 0.5) is 5.69 Å². The van der Waals surface area contributed by atoms with Crippen LogP contribution in [-0.2, 0) is 9.59 Å². The maximum absolute atomic E-state index is 12.2. The number of para-hydroxylation sites is 1. The Morgan fingerprint density at radius 2 is 1.83 bits per heavy atom. The second-order valence-electron chi connectivity index (χ2n) is 4.38. The summed E-state index contributed by atoms with van der Waals surface area (Å²) in [7, 11) is 1.76. The van der Waals surface area contributed by atoms with Gasteiger partial charge in [-0.2, -0.15) is 0 Å². The minimum atomic E-state index is -0.0260. The topological polar surface area (TPSA) is 37.4 Å². The lowest BCUT2D eigenvalue weighted by atomic mass is 10.0. The molecule has 1 amide bonds. The van der Waals surface area contributed by atoms with E-state index in [0.29, 0.717) is 5.57 Å². The number of hydrogen-bond acceptors (Lipinski definition) is 2. The highest BCUT2D eigenvalue weighted by molar-refractivity contribution is 6.33. The van der Waals surface area contributed by atoms with Crippen molar-refractivity contribution < 1.29 is 9.59 Å². The van der Waals surface area contributed by atoms with Gasteiger partial charge in [-0.1, -0.05) is 24.3 Å². The lowest BCUT2D eigenvalue weighted by Crippen LogP contribution is -2.20. The van der Waals surface area contributed by atoms with Crippen molar-refractivity contribution in [2.24, 2.45) is 0 Å². The van der Waals surface area contributed by atoms with Gasteiger partial charge in [0.1, 0.15) is 0 Å². The van der Waals surface area contributed by atoms with Gasteiger partial charge in [0.15, 0.2) is 5.78 Å². The molecule has 0 radical (unpaired) electrons. The minimum Gasteiger partial charge on any atom is -0.311 e. The lowest BCUT2D eigenvalue weighted by Gasteiger charge is -2.08. The third kappa shape index (κ3) is 1.99. The summed E-state index contributed by atoms with van der Waals surface area (Å²) in [6, 6.07) is 7.67. The van der Waals surface area contributed by atoms with E-state index >= 15 is 0 Å². The van der Waals surface area contributed by atoms with Crippen LogP contribution < -0.4 is 4.90 Å². The summed E-state index contributed by atoms with van der Waals surface area (Å²) in [5.41, 5.74) is 3.32. The number of anilines is 1. The van der Waals surface area contributed by atoms with Crippen LogP contribution in [0.15, 0.2) is 42.0 Å². The van der Waals surface area contributed by atoms with Crippen LogP contribution in [0.2, 0.25) is 0 Å². The zero-order valence-corrected chi connectivity index (χ0v) is 10.7. The highest BCUT2D eigenvalue weighted by Crippen LogP contribution is 2.37. The van der Waals surface area contributed by atoms with E-state index in [9.17, 15) is 9.59 Å². The number of hydrogen-bond donors (Lipinski definition) is 0. The fourth-order valence-electron chi connectivity index (χ4n) is 2.08. The maximum atomic E-state index is 12.2. The van der Waals surface area contributed by atoms with Crippen molar-refractivity contribution >= 4 is 23.0 Å². The van der Waals surface area contributed by atoms with E-state index in [1.54, 1.807) is 18.0 Å². The molecule has 1 heterocycles. The zero-order chi connectivity index (χ0) is 13.3. The van der Waals surface area contributed by atoms with Crippen molar-refractivity contribution in [3.8, 4) is 0 Å². The second-order valence-corrected chi connectivity index (χ2v) is 4.38. The number of allylic oxidation sites excluding steroid dienone is 3. The molecule has 0 saturated carbocycles. The van der Waals surface area contributed by atoms with Crippen molar-refractivity contribution in [2.45, 2.75) is 13.8 Å². The van der Waals surface area contributed by atoms with E-state index in [-0.39, 0.29) is 11.7 Å². The van der Waals surface area contributed by atoms with Gasteiger partial charge in [0, 0.05) is 12.6 Å². The molecule has 0 aromatic heterocycles. The van der Waals surface area contributed by atoms with E-state index in [0.717, 1.165) is 16.8 Å². The highest BCUT2D eigenvalue weighted by Gasteiger charge is 2.30. The molecule has 0 spiro atoms. The Morgan fingerprint density at radius 3 is 2.50 bits per heavy atom. The third-order valence-electron chi connectivity index (χ3n) is 3.02. The molecule has 3 nitrogen and oxygen atoms in total. The van der Waals surface area contributed by atoms with Crippen molar-refractivity contribution in [1.82, 2.24) is 0 Å². The fourth-order valence-corrected chi connectivity index (χ4v) is 2.08. The van der Waals surface area contributed by atoms with Crippen molar-refractivity contribution in [3.63, 3.8) is 0 Å². The summed E-state index contributed by atoms with van der Waals surface area (Å²) in [5, 5.41) is 0. The van der Waals surface area contributed by atoms with Gasteiger partial charge in [0.2, 0.25) is 0 Å². The van der Waals surface area contributed by atoms with Crippen LogP contribution in [0.25, 0.3) is 5.57 Å². The van der Waals surface area contributed by atoms with Crippen LogP contribution in [0.5, 0.6) is 0 Å². The SMILES string of the molecule is CC(=O)/C=C/C(C)=C1\C(=O)N(C)c2ccccc21. The lowest BCUT2D eigenvalue weighted by molar-refractivity contribution is -0.113. The van der Waals surface area contributed by atoms with E-state index in [4.69, 9.17) is 0 Å². The smallest absolute Gasteiger partial charge is 0.258 e. The van der Waals surface area contributed by atoms with Crippen LogP contribution in [-0.4, -0.2) is 18.7 Å². The zero-order valence-electron chi connectivity index (χ0n) is 10.7. The Morgan fingerprint density at radius 1 is 1.17 bits per heavy atom. The second kappa shape index (κ2) is 4.61. The van der Waals surface area contributed by atoms with Crippen LogP contribution in [0.1, 0.15) is 19.4 Å². The van der Waals surface area contributed by atoms with Crippen LogP contribution in [0, 0.1) is 0 Å². The first-order valence-corrected chi connectivity index (χ1v) is 5.79. The molecule has 3 heteroatoms. The summed E-state index contributed by atoms with van der Waals surface area (Å²) in [6.07, 6.45) is 3.18. The first kappa shape index (κ1) is 12.3. The van der Waals surface area contributed by atoms with Crippen LogP contribution >= 0.6 is 0 Å². The van der Waals surface area contributed by atoms with Gasteiger partial charge < -0.3 is 4.90 Å². The average Bonchev–Trinajstić information content (AvgIpc) is 2.60. The first-order chi connectivity index (χ1) is 8.52. The molecule has 0 N–H and O–H groups in total. The van der Waals surface area contributed by atoms with E-state index in [1.807, 2.05) is 31.2 Å². The number of ketones is 1. The molecule has 1 aliphatic rings. The average molecular weight is 241 g/mol. The number of fused-ring (bicyclic) bond motifs is 1. The molecule has 18 heavy (non-hydrogen) atoms. The molecule has 1 aromatic carbocycles. The number of benzene rings is 1. The predicted octanol–water partition coefficient (Wildman–Crippen LogP) is 2.58. The largest absolute Gasteiger partial charge is 0.311 e. The molecular weight excluding hydrogens is 226 g/mol. The highest BCUT2D eigenvalue weighted by atomic mass is 16.2. The Kier molecular flexibility index (Phi) is 3.15. The number of amides is 1. The molecular formula is C15H15NO2. The molecule has 92 valence electrons. The quantitative estimate of drug-likeness (QED) is 0.746. The summed E-state index contributed by atoms with van der Waals surface area (Å²) < 4.78 is 0. The summed E-state index contributed by atoms with van der Waals surface area (Å²) >= 11 is 0. The van der Waals surface area contributed by atoms with Crippen molar-refractivity contribution in [3.05, 3.63) is 47.6 Å². The number of rotatable bonds is 2. The molecule has 0 aliphatic carbocycles. The van der Waals surface area contributed by atoms with Gasteiger partial charge in [-0.3, -0.25) is 9.59 Å². The van der Waals surface area contributed by atoms with Crippen molar-refractivity contribution in [2.75, 3.05) is 11.9 Å². The standard InChI is InChI=1S/C15H15NO2/c1-10(8-9-11(2)17)14-12-6-4-5-7-13(12)16(3)15(14)18/h4-9H,1-3H3/b9-8+,14-10-. The predicted molar refractivity (Wildman–Crippen MR) is 72.3 cm³/mol. The van der Waals surface area contributed by atoms with E-state index < -0.39 is 0 Å². The van der Waals surface area contributed by atoms with Gasteiger partial charge >= 0.3 is 0 Å². The molecule has 1 aliphatic heterocycles. The Hall–Kier alpha value is -2.16. The van der Waals surface area contributed by atoms with Crippen LogP contribution in [0.3, 0.4) is 0 Å². The summed E-state index contributed by atoms with van der Waals surface area (Å²) in [4.78, 5) is 24.8. The Balaban J connectivity index is 2.55. The Bertz CT molecular complexity index is 582. The molecule has 2 rings (SSSR count). The minimum absolute atomic E-state index is 0.0259. The normalized spacial score (nSPS) is 17.3. The monoisotopic (exact) mass is 241 g/mol. The molecule has 0 unspecified atom stereocenters. The third-order valence-corrected chi connectivity index (χ3v) is 3.02. The summed E-state index contributed by atoms with van der Waals surface area (Å²) in [5.74, 6) is -0.0519. The van der Waals surface area contributed by atoms with E-state index in [1.165, 1.54) is 13.0 Å². The number of carbonyl (C=O) groups excluding carboxylic acids is 2. The number of carbonyl (C=O) groups is 2. The van der Waals surface area contributed by atoms with Gasteiger partial charge in [0.25, 0.3) is 5.91 Å². The number of likely N-dealkylation sites (N-methyl/N-ethyl adjacent to an activating group) is 1. The first-order valence-electron chi connectivity index (χ1n) is 5.79. The molecule has 0 bridgehead atoms. The van der Waals surface area contributed by atoms with Crippen molar-refractivity contribution in [1.29, 1.82) is 0 Å². The molecule has 0 saturated heterocycles. The van der Waals surface area contributed by atoms with Gasteiger partial charge in [-0.05, 0) is 31.6 Å². The van der Waals surface area contributed by atoms with Gasteiger partial charge in [-0.15, -0.1) is 0 Å². The summed E-state index contributed by atoms with van der Waals surface area (Å²) in [6.45, 7) is 3.34. The maximum Gasteiger partial charge on any atom is 0.258 e. The van der Waals surface area contributed by atoms with E-state index in [2.05, 4.69) is 0 Å². The fraction of sp³-hybridized carbons (Fsp3) is 0.200. The van der Waals surface area contributed by atoms with Gasteiger partial charge in [0.05, 0.1) is 11.3 Å². The molecule has 0 fully saturated rings.